The molecule has 0 aromatic heterocycles. The van der Waals surface area contributed by atoms with E-state index >= 15 is 0 Å². The first-order chi connectivity index (χ1) is 10.6. The minimum absolute atomic E-state index is 0.0268. The third-order valence-electron chi connectivity index (χ3n) is 3.55. The molecular formula is C17H12O5. The Morgan fingerprint density at radius 3 is 2.27 bits per heavy atom. The number of carbonyl (C=O) groups is 3. The molecule has 0 fully saturated rings. The van der Waals surface area contributed by atoms with Crippen LogP contribution in [-0.2, 0) is 4.74 Å². The zero-order valence-corrected chi connectivity index (χ0v) is 11.8. The van der Waals surface area contributed by atoms with E-state index in [2.05, 4.69) is 0 Å². The Bertz CT molecular complexity index is 820. The van der Waals surface area contributed by atoms with Crippen molar-refractivity contribution in [3.63, 3.8) is 0 Å². The summed E-state index contributed by atoms with van der Waals surface area (Å²) in [6.45, 7) is 1.83. The summed E-state index contributed by atoms with van der Waals surface area (Å²) in [5.74, 6) is -1.84. The number of phenolic OH excluding ortho intramolecular Hbond substituents is 1. The molecule has 5 nitrogen and oxygen atoms in total. The molecule has 0 radical (unpaired) electrons. The fourth-order valence-corrected chi connectivity index (χ4v) is 2.60. The van der Waals surface area contributed by atoms with Crippen LogP contribution in [0.4, 0.5) is 0 Å². The highest BCUT2D eigenvalue weighted by Crippen LogP contribution is 2.34. The van der Waals surface area contributed by atoms with Crippen LogP contribution in [-0.4, -0.2) is 29.2 Å². The van der Waals surface area contributed by atoms with Crippen molar-refractivity contribution in [2.24, 2.45) is 0 Å². The standard InChI is InChI=1S/C17H12O5/c1-2-22-17(21)11-7-3-5-9-13(11)15(19)10-6-4-8-12(18)14(10)16(9)20/h3-8,18H,2H2,1H3. The fourth-order valence-electron chi connectivity index (χ4n) is 2.60. The Morgan fingerprint density at radius 2 is 1.59 bits per heavy atom. The molecule has 1 N–H and O–H groups in total. The van der Waals surface area contributed by atoms with Crippen LogP contribution < -0.4 is 0 Å². The highest BCUT2D eigenvalue weighted by molar-refractivity contribution is 6.31. The molecule has 0 aliphatic heterocycles. The second kappa shape index (κ2) is 5.11. The van der Waals surface area contributed by atoms with Crippen molar-refractivity contribution in [1.82, 2.24) is 0 Å². The van der Waals surface area contributed by atoms with E-state index in [1.165, 1.54) is 36.4 Å². The van der Waals surface area contributed by atoms with E-state index in [-0.39, 0.29) is 40.2 Å². The van der Waals surface area contributed by atoms with Gasteiger partial charge >= 0.3 is 5.97 Å². The number of hydrogen-bond acceptors (Lipinski definition) is 5. The van der Waals surface area contributed by atoms with Crippen LogP contribution >= 0.6 is 0 Å². The van der Waals surface area contributed by atoms with Crippen molar-refractivity contribution < 1.29 is 24.2 Å². The predicted octanol–water partition coefficient (Wildman–Crippen LogP) is 2.34. The van der Waals surface area contributed by atoms with Crippen LogP contribution in [0.25, 0.3) is 0 Å². The van der Waals surface area contributed by atoms with Gasteiger partial charge in [0.15, 0.2) is 11.6 Å². The smallest absolute Gasteiger partial charge is 0.338 e. The van der Waals surface area contributed by atoms with Gasteiger partial charge in [0.25, 0.3) is 0 Å². The summed E-state index contributed by atoms with van der Waals surface area (Å²) in [5.41, 5.74) is 0.260. The number of aromatic hydroxyl groups is 1. The van der Waals surface area contributed by atoms with Crippen LogP contribution in [0, 0.1) is 0 Å². The number of esters is 1. The third kappa shape index (κ3) is 1.90. The average molecular weight is 296 g/mol. The monoisotopic (exact) mass is 296 g/mol. The average Bonchev–Trinajstić information content (AvgIpc) is 2.52. The lowest BCUT2D eigenvalue weighted by Crippen LogP contribution is -2.24. The molecule has 1 aliphatic carbocycles. The Kier molecular flexibility index (Phi) is 3.25. The van der Waals surface area contributed by atoms with E-state index in [9.17, 15) is 19.5 Å². The molecule has 2 aromatic carbocycles. The Labute approximate surface area is 126 Å². The number of ether oxygens (including phenoxy) is 1. The number of phenols is 1. The molecule has 0 saturated carbocycles. The predicted molar refractivity (Wildman–Crippen MR) is 77.4 cm³/mol. The third-order valence-corrected chi connectivity index (χ3v) is 3.55. The maximum Gasteiger partial charge on any atom is 0.338 e. The molecule has 0 saturated heterocycles. The molecule has 22 heavy (non-hydrogen) atoms. The van der Waals surface area contributed by atoms with Gasteiger partial charge in [-0.25, -0.2) is 4.79 Å². The summed E-state index contributed by atoms with van der Waals surface area (Å²) in [6.07, 6.45) is 0. The van der Waals surface area contributed by atoms with Gasteiger partial charge in [-0.05, 0) is 19.1 Å². The van der Waals surface area contributed by atoms with E-state index in [1.54, 1.807) is 6.92 Å². The van der Waals surface area contributed by atoms with Gasteiger partial charge < -0.3 is 9.84 Å². The van der Waals surface area contributed by atoms with Gasteiger partial charge in [-0.2, -0.15) is 0 Å². The molecule has 0 amide bonds. The summed E-state index contributed by atoms with van der Waals surface area (Å²) in [7, 11) is 0. The van der Waals surface area contributed by atoms with Crippen molar-refractivity contribution in [3.8, 4) is 5.75 Å². The molecule has 3 rings (SSSR count). The van der Waals surface area contributed by atoms with Crippen molar-refractivity contribution in [2.45, 2.75) is 6.92 Å². The highest BCUT2D eigenvalue weighted by atomic mass is 16.5. The molecule has 0 bridgehead atoms. The first-order valence-corrected chi connectivity index (χ1v) is 6.77. The fraction of sp³-hybridized carbons (Fsp3) is 0.118. The van der Waals surface area contributed by atoms with Gasteiger partial charge in [-0.3, -0.25) is 9.59 Å². The van der Waals surface area contributed by atoms with Gasteiger partial charge in [0.05, 0.1) is 17.7 Å². The SMILES string of the molecule is CCOC(=O)c1cccc2c1C(=O)c1cccc(O)c1C2=O. The minimum atomic E-state index is -0.649. The van der Waals surface area contributed by atoms with E-state index in [4.69, 9.17) is 4.74 Å². The van der Waals surface area contributed by atoms with Crippen LogP contribution in [0.1, 0.15) is 49.1 Å². The van der Waals surface area contributed by atoms with Gasteiger partial charge in [-0.15, -0.1) is 0 Å². The maximum atomic E-state index is 12.7. The second-order valence-corrected chi connectivity index (χ2v) is 4.81. The van der Waals surface area contributed by atoms with E-state index in [0.717, 1.165) is 0 Å². The van der Waals surface area contributed by atoms with Gasteiger partial charge in [0, 0.05) is 16.7 Å². The number of ketones is 2. The maximum absolute atomic E-state index is 12.7. The molecule has 1 aliphatic rings. The van der Waals surface area contributed by atoms with Gasteiger partial charge in [0.2, 0.25) is 0 Å². The topological polar surface area (TPSA) is 80.7 Å². The number of fused-ring (bicyclic) bond motifs is 2. The lowest BCUT2D eigenvalue weighted by Gasteiger charge is -2.20. The molecule has 2 aromatic rings. The minimum Gasteiger partial charge on any atom is -0.507 e. The summed E-state index contributed by atoms with van der Waals surface area (Å²) in [4.78, 5) is 37.2. The lowest BCUT2D eigenvalue weighted by molar-refractivity contribution is 0.0523. The van der Waals surface area contributed by atoms with E-state index in [1.807, 2.05) is 0 Å². The van der Waals surface area contributed by atoms with E-state index < -0.39 is 17.5 Å². The highest BCUT2D eigenvalue weighted by Gasteiger charge is 2.35. The molecule has 0 spiro atoms. The number of hydrogen-bond donors (Lipinski definition) is 1. The first-order valence-electron chi connectivity index (χ1n) is 6.77. The molecule has 5 heteroatoms. The molecule has 0 heterocycles. The number of benzene rings is 2. The van der Waals surface area contributed by atoms with Crippen LogP contribution in [0.5, 0.6) is 5.75 Å². The number of rotatable bonds is 2. The Morgan fingerprint density at radius 1 is 1.00 bits per heavy atom. The summed E-state index contributed by atoms with van der Waals surface area (Å²) >= 11 is 0. The quantitative estimate of drug-likeness (QED) is 0.734. The van der Waals surface area contributed by atoms with E-state index in [0.29, 0.717) is 0 Å². The summed E-state index contributed by atoms with van der Waals surface area (Å²) in [6, 6.07) is 8.73. The zero-order chi connectivity index (χ0) is 15.9. The summed E-state index contributed by atoms with van der Waals surface area (Å²) in [5, 5.41) is 9.87. The number of carbonyl (C=O) groups excluding carboxylic acids is 3. The second-order valence-electron chi connectivity index (χ2n) is 4.81. The van der Waals surface area contributed by atoms with Gasteiger partial charge in [0.1, 0.15) is 5.75 Å². The Hall–Kier alpha value is -2.95. The van der Waals surface area contributed by atoms with Crippen molar-refractivity contribution >= 4 is 17.5 Å². The van der Waals surface area contributed by atoms with Crippen LogP contribution in [0.2, 0.25) is 0 Å². The van der Waals surface area contributed by atoms with Gasteiger partial charge in [-0.1, -0.05) is 24.3 Å². The largest absolute Gasteiger partial charge is 0.507 e. The van der Waals surface area contributed by atoms with Crippen molar-refractivity contribution in [3.05, 3.63) is 64.2 Å². The first kappa shape index (κ1) is 14.0. The molecule has 0 unspecified atom stereocenters. The van der Waals surface area contributed by atoms with Crippen molar-refractivity contribution in [1.29, 1.82) is 0 Å². The molecular weight excluding hydrogens is 284 g/mol. The lowest BCUT2D eigenvalue weighted by atomic mass is 9.81. The van der Waals surface area contributed by atoms with Crippen molar-refractivity contribution in [2.75, 3.05) is 6.61 Å². The normalized spacial score (nSPS) is 12.6. The van der Waals surface area contributed by atoms with Crippen LogP contribution in [0.3, 0.4) is 0 Å². The molecule has 110 valence electrons. The van der Waals surface area contributed by atoms with Crippen LogP contribution in [0.15, 0.2) is 36.4 Å². The Balaban J connectivity index is 2.26. The molecule has 0 atom stereocenters. The zero-order valence-electron chi connectivity index (χ0n) is 11.8. The summed E-state index contributed by atoms with van der Waals surface area (Å²) < 4.78 is 4.94.